The van der Waals surface area contributed by atoms with Gasteiger partial charge in [0.15, 0.2) is 5.82 Å². The van der Waals surface area contributed by atoms with Crippen molar-refractivity contribution in [1.29, 1.82) is 0 Å². The van der Waals surface area contributed by atoms with Crippen LogP contribution < -0.4 is 9.62 Å². The third kappa shape index (κ3) is 3.77. The zero-order chi connectivity index (χ0) is 16.4. The van der Waals surface area contributed by atoms with Gasteiger partial charge in [0, 0.05) is 19.1 Å². The van der Waals surface area contributed by atoms with E-state index in [0.717, 1.165) is 30.6 Å². The molecular weight excluding hydrogens is 379 g/mol. The number of aromatic nitrogens is 2. The molecule has 124 valence electrons. The van der Waals surface area contributed by atoms with E-state index < -0.39 is 10.0 Å². The largest absolute Gasteiger partial charge is 0.354 e. The maximum atomic E-state index is 12.5. The molecule has 0 atom stereocenters. The van der Waals surface area contributed by atoms with E-state index >= 15 is 0 Å². The third-order valence-electron chi connectivity index (χ3n) is 3.68. The summed E-state index contributed by atoms with van der Waals surface area (Å²) >= 11 is 13.2. The number of hydrogen-bond acceptors (Lipinski definition) is 6. The van der Waals surface area contributed by atoms with Gasteiger partial charge in [-0.3, -0.25) is 0 Å². The minimum Gasteiger partial charge on any atom is -0.354 e. The van der Waals surface area contributed by atoms with Gasteiger partial charge in [0.1, 0.15) is 4.90 Å². The van der Waals surface area contributed by atoms with E-state index in [9.17, 15) is 8.42 Å². The van der Waals surface area contributed by atoms with Crippen molar-refractivity contribution in [2.45, 2.75) is 23.8 Å². The summed E-state index contributed by atoms with van der Waals surface area (Å²) in [7, 11) is -3.75. The molecule has 1 aromatic heterocycles. The quantitative estimate of drug-likeness (QED) is 0.865. The molecule has 1 N–H and O–H groups in total. The van der Waals surface area contributed by atoms with Gasteiger partial charge in [0.05, 0.1) is 28.0 Å². The Kier molecular flexibility index (Phi) is 5.07. The highest BCUT2D eigenvalue weighted by atomic mass is 35.5. The number of rotatable bonds is 4. The van der Waals surface area contributed by atoms with Crippen LogP contribution in [0.2, 0.25) is 10.0 Å². The number of nitrogens with one attached hydrogen (secondary N) is 1. The molecule has 0 spiro atoms. The normalized spacial score (nSPS) is 16.7. The highest BCUT2D eigenvalue weighted by Crippen LogP contribution is 2.29. The van der Waals surface area contributed by atoms with Crippen molar-refractivity contribution in [3.05, 3.63) is 34.4 Å². The van der Waals surface area contributed by atoms with Crippen LogP contribution in [-0.4, -0.2) is 36.3 Å². The minimum absolute atomic E-state index is 0.0607. The fraction of sp³-hybridized carbons (Fsp3) is 0.385. The van der Waals surface area contributed by atoms with Crippen molar-refractivity contribution in [3.8, 4) is 0 Å². The number of piperidine rings is 1. The molecule has 0 bridgehead atoms. The molecule has 0 unspecified atom stereocenters. The molecule has 1 fully saturated rings. The second kappa shape index (κ2) is 6.90. The Morgan fingerprint density at radius 1 is 1.22 bits per heavy atom. The number of benzene rings is 1. The monoisotopic (exact) mass is 392 g/mol. The first-order valence-corrected chi connectivity index (χ1v) is 9.93. The summed E-state index contributed by atoms with van der Waals surface area (Å²) in [6.45, 7) is 1.43. The lowest BCUT2D eigenvalue weighted by atomic mass is 10.1. The average Bonchev–Trinajstić information content (AvgIpc) is 3.01. The Bertz CT molecular complexity index is 755. The summed E-state index contributed by atoms with van der Waals surface area (Å²) in [6.07, 6.45) is 3.08. The number of nitrogens with zero attached hydrogens (tertiary/aromatic N) is 3. The standard InChI is InChI=1S/C13H14Cl2N4O2S2/c14-10-2-1-3-11(15)13(10)23(20,21)18-9-4-6-19(7-5-9)12-8-16-22-17-12/h1-3,8-9,18H,4-7H2. The van der Waals surface area contributed by atoms with Crippen LogP contribution in [0, 0.1) is 0 Å². The first kappa shape index (κ1) is 16.9. The summed E-state index contributed by atoms with van der Waals surface area (Å²) in [6, 6.07) is 4.49. The number of hydrogen-bond donors (Lipinski definition) is 1. The molecule has 0 aliphatic carbocycles. The van der Waals surface area contributed by atoms with E-state index in [2.05, 4.69) is 18.4 Å². The second-order valence-electron chi connectivity index (χ2n) is 5.20. The zero-order valence-corrected chi connectivity index (χ0v) is 15.1. The molecule has 3 rings (SSSR count). The van der Waals surface area contributed by atoms with Crippen LogP contribution in [0.25, 0.3) is 0 Å². The van der Waals surface area contributed by atoms with Crippen LogP contribution in [-0.2, 0) is 10.0 Å². The van der Waals surface area contributed by atoms with Crippen molar-refractivity contribution in [1.82, 2.24) is 13.5 Å². The molecule has 23 heavy (non-hydrogen) atoms. The van der Waals surface area contributed by atoms with Crippen LogP contribution in [0.3, 0.4) is 0 Å². The fourth-order valence-corrected chi connectivity index (χ4v) is 5.43. The van der Waals surface area contributed by atoms with Crippen LogP contribution in [0.4, 0.5) is 5.82 Å². The fourth-order valence-electron chi connectivity index (χ4n) is 2.54. The van der Waals surface area contributed by atoms with Crippen molar-refractivity contribution in [3.63, 3.8) is 0 Å². The van der Waals surface area contributed by atoms with Crippen LogP contribution >= 0.6 is 34.9 Å². The molecule has 0 radical (unpaired) electrons. The van der Waals surface area contributed by atoms with Crippen molar-refractivity contribution >= 4 is 50.8 Å². The Hall–Kier alpha value is -0.930. The van der Waals surface area contributed by atoms with E-state index in [4.69, 9.17) is 23.2 Å². The first-order chi connectivity index (χ1) is 11.0. The summed E-state index contributed by atoms with van der Waals surface area (Å²) in [5.41, 5.74) is 0. The number of anilines is 1. The van der Waals surface area contributed by atoms with E-state index in [1.54, 1.807) is 12.3 Å². The van der Waals surface area contributed by atoms with Crippen molar-refractivity contribution < 1.29 is 8.42 Å². The highest BCUT2D eigenvalue weighted by molar-refractivity contribution is 7.89. The number of halogens is 2. The molecule has 6 nitrogen and oxygen atoms in total. The van der Waals surface area contributed by atoms with E-state index in [-0.39, 0.29) is 21.0 Å². The lowest BCUT2D eigenvalue weighted by Crippen LogP contribution is -2.44. The maximum absolute atomic E-state index is 12.5. The minimum atomic E-state index is -3.75. The van der Waals surface area contributed by atoms with Gasteiger partial charge in [-0.25, -0.2) is 13.1 Å². The Balaban J connectivity index is 1.68. The number of sulfonamides is 1. The van der Waals surface area contributed by atoms with Crippen molar-refractivity contribution in [2.24, 2.45) is 0 Å². The molecule has 0 amide bonds. The van der Waals surface area contributed by atoms with Crippen LogP contribution in [0.15, 0.2) is 29.3 Å². The first-order valence-electron chi connectivity index (χ1n) is 6.96. The predicted octanol–water partition coefficient (Wildman–Crippen LogP) is 2.79. The molecule has 1 aromatic carbocycles. The second-order valence-corrected chi connectivity index (χ2v) is 8.22. The van der Waals surface area contributed by atoms with Gasteiger partial charge in [-0.05, 0) is 25.0 Å². The van der Waals surface area contributed by atoms with Crippen LogP contribution in [0.1, 0.15) is 12.8 Å². The van der Waals surface area contributed by atoms with Gasteiger partial charge in [-0.1, -0.05) is 29.3 Å². The van der Waals surface area contributed by atoms with Crippen LogP contribution in [0.5, 0.6) is 0 Å². The van der Waals surface area contributed by atoms with Gasteiger partial charge in [-0.2, -0.15) is 8.75 Å². The Labute approximate surface area is 148 Å². The van der Waals surface area contributed by atoms with E-state index in [1.165, 1.54) is 12.1 Å². The summed E-state index contributed by atoms with van der Waals surface area (Å²) in [5, 5.41) is 0.243. The predicted molar refractivity (Wildman–Crippen MR) is 91.9 cm³/mol. The van der Waals surface area contributed by atoms with Gasteiger partial charge in [0.2, 0.25) is 10.0 Å². The average molecular weight is 393 g/mol. The zero-order valence-electron chi connectivity index (χ0n) is 11.9. The molecule has 1 aliphatic heterocycles. The molecule has 1 saturated heterocycles. The van der Waals surface area contributed by atoms with E-state index in [0.29, 0.717) is 12.8 Å². The smallest absolute Gasteiger partial charge is 0.243 e. The van der Waals surface area contributed by atoms with Gasteiger partial charge in [0.25, 0.3) is 0 Å². The highest BCUT2D eigenvalue weighted by Gasteiger charge is 2.28. The Morgan fingerprint density at radius 2 is 1.87 bits per heavy atom. The third-order valence-corrected chi connectivity index (χ3v) is 6.62. The molecule has 0 saturated carbocycles. The van der Waals surface area contributed by atoms with Gasteiger partial charge < -0.3 is 4.90 Å². The SMILES string of the molecule is O=S(=O)(NC1CCN(c2cnsn2)CC1)c1c(Cl)cccc1Cl. The van der Waals surface area contributed by atoms with E-state index in [1.807, 2.05) is 0 Å². The topological polar surface area (TPSA) is 75.2 Å². The summed E-state index contributed by atoms with van der Waals surface area (Å²) < 4.78 is 36.0. The van der Waals surface area contributed by atoms with Gasteiger partial charge >= 0.3 is 0 Å². The van der Waals surface area contributed by atoms with Crippen molar-refractivity contribution in [2.75, 3.05) is 18.0 Å². The summed E-state index contributed by atoms with van der Waals surface area (Å²) in [4.78, 5) is 2.03. The molecular formula is C13H14Cl2N4O2S2. The summed E-state index contributed by atoms with van der Waals surface area (Å²) in [5.74, 6) is 0.838. The lowest BCUT2D eigenvalue weighted by molar-refractivity contribution is 0.459. The van der Waals surface area contributed by atoms with Gasteiger partial charge in [-0.15, -0.1) is 0 Å². The molecule has 2 aromatic rings. The lowest BCUT2D eigenvalue weighted by Gasteiger charge is -2.32. The molecule has 2 heterocycles. The molecule has 10 heteroatoms. The molecule has 1 aliphatic rings. The maximum Gasteiger partial charge on any atom is 0.243 e. The Morgan fingerprint density at radius 3 is 2.43 bits per heavy atom.